The molecule has 1 amide bonds. The van der Waals surface area contributed by atoms with Crippen molar-refractivity contribution in [1.82, 2.24) is 9.97 Å². The molecule has 22 heavy (non-hydrogen) atoms. The molecule has 2 N–H and O–H groups in total. The number of carbonyl (C=O) groups excluding carboxylic acids is 1. The van der Waals surface area contributed by atoms with Gasteiger partial charge in [-0.25, -0.2) is 9.97 Å². The minimum absolute atomic E-state index is 0.250. The monoisotopic (exact) mass is 299 g/mol. The normalized spacial score (nSPS) is 10.1. The molecule has 0 saturated heterocycles. The van der Waals surface area contributed by atoms with Crippen molar-refractivity contribution in [3.63, 3.8) is 0 Å². The Kier molecular flexibility index (Phi) is 5.30. The van der Waals surface area contributed by atoms with Crippen LogP contribution < -0.4 is 15.5 Å². The van der Waals surface area contributed by atoms with Gasteiger partial charge in [-0.1, -0.05) is 6.92 Å². The second-order valence-corrected chi connectivity index (χ2v) is 5.11. The van der Waals surface area contributed by atoms with Crippen molar-refractivity contribution in [2.75, 3.05) is 36.2 Å². The van der Waals surface area contributed by atoms with E-state index < -0.39 is 0 Å². The number of anilines is 3. The number of carbonyl (C=O) groups is 1. The van der Waals surface area contributed by atoms with Gasteiger partial charge in [-0.3, -0.25) is 4.79 Å². The second-order valence-electron chi connectivity index (χ2n) is 5.11. The van der Waals surface area contributed by atoms with E-state index in [4.69, 9.17) is 0 Å². The maximum Gasteiger partial charge on any atom is 0.274 e. The highest BCUT2D eigenvalue weighted by atomic mass is 16.1. The number of nitrogens with one attached hydrogen (secondary N) is 2. The average Bonchev–Trinajstić information content (AvgIpc) is 2.53. The van der Waals surface area contributed by atoms with E-state index in [1.807, 2.05) is 43.3 Å². The summed E-state index contributed by atoms with van der Waals surface area (Å²) in [5.74, 6) is 0.407. The van der Waals surface area contributed by atoms with Gasteiger partial charge in [0.1, 0.15) is 17.8 Å². The lowest BCUT2D eigenvalue weighted by atomic mass is 10.2. The first kappa shape index (κ1) is 15.8. The molecule has 0 saturated carbocycles. The summed E-state index contributed by atoms with van der Waals surface area (Å²) in [7, 11) is 3.94. The van der Waals surface area contributed by atoms with Gasteiger partial charge in [0, 0.05) is 38.1 Å². The summed E-state index contributed by atoms with van der Waals surface area (Å²) in [6.45, 7) is 2.88. The number of rotatable bonds is 6. The third-order valence-corrected chi connectivity index (χ3v) is 3.10. The number of amides is 1. The van der Waals surface area contributed by atoms with Crippen LogP contribution >= 0.6 is 0 Å². The number of aromatic nitrogens is 2. The Labute approximate surface area is 130 Å². The fourth-order valence-corrected chi connectivity index (χ4v) is 1.87. The van der Waals surface area contributed by atoms with E-state index in [1.165, 1.54) is 6.33 Å². The van der Waals surface area contributed by atoms with E-state index in [2.05, 4.69) is 27.5 Å². The molecule has 0 aliphatic rings. The first-order valence-corrected chi connectivity index (χ1v) is 7.25. The summed E-state index contributed by atoms with van der Waals surface area (Å²) in [5, 5.41) is 5.97. The van der Waals surface area contributed by atoms with Gasteiger partial charge >= 0.3 is 0 Å². The van der Waals surface area contributed by atoms with E-state index in [1.54, 1.807) is 6.07 Å². The average molecular weight is 299 g/mol. The molecule has 0 bridgehead atoms. The molecular weight excluding hydrogens is 278 g/mol. The first-order chi connectivity index (χ1) is 10.6. The molecule has 0 atom stereocenters. The van der Waals surface area contributed by atoms with Crippen LogP contribution in [0.5, 0.6) is 0 Å². The zero-order valence-electron chi connectivity index (χ0n) is 13.1. The van der Waals surface area contributed by atoms with Crippen molar-refractivity contribution in [3.05, 3.63) is 42.4 Å². The highest BCUT2D eigenvalue weighted by Crippen LogP contribution is 2.16. The summed E-state index contributed by atoms with van der Waals surface area (Å²) in [6.07, 6.45) is 2.38. The predicted octanol–water partition coefficient (Wildman–Crippen LogP) is 2.62. The molecule has 0 unspecified atom stereocenters. The summed E-state index contributed by atoms with van der Waals surface area (Å²) < 4.78 is 0. The molecule has 6 heteroatoms. The van der Waals surface area contributed by atoms with Crippen LogP contribution in [0.15, 0.2) is 36.7 Å². The third-order valence-electron chi connectivity index (χ3n) is 3.10. The van der Waals surface area contributed by atoms with Gasteiger partial charge in [0.15, 0.2) is 0 Å². The van der Waals surface area contributed by atoms with Crippen molar-refractivity contribution >= 4 is 23.1 Å². The molecule has 1 aromatic heterocycles. The maximum absolute atomic E-state index is 12.2. The van der Waals surface area contributed by atoms with Gasteiger partial charge in [0.05, 0.1) is 0 Å². The highest BCUT2D eigenvalue weighted by molar-refractivity contribution is 6.03. The smallest absolute Gasteiger partial charge is 0.274 e. The van der Waals surface area contributed by atoms with Crippen LogP contribution in [0.3, 0.4) is 0 Å². The molecule has 0 aliphatic carbocycles. The molecular formula is C16H21N5O. The topological polar surface area (TPSA) is 70.2 Å². The molecule has 116 valence electrons. The SMILES string of the molecule is CCCNc1cc(C(=O)Nc2ccc(N(C)C)cc2)ncn1. The second kappa shape index (κ2) is 7.40. The maximum atomic E-state index is 12.2. The molecule has 1 heterocycles. The van der Waals surface area contributed by atoms with E-state index in [0.29, 0.717) is 11.5 Å². The summed E-state index contributed by atoms with van der Waals surface area (Å²) >= 11 is 0. The lowest BCUT2D eigenvalue weighted by Gasteiger charge is -2.13. The van der Waals surface area contributed by atoms with Crippen LogP contribution in [-0.2, 0) is 0 Å². The van der Waals surface area contributed by atoms with Gasteiger partial charge in [-0.15, -0.1) is 0 Å². The lowest BCUT2D eigenvalue weighted by molar-refractivity contribution is 0.102. The van der Waals surface area contributed by atoms with Gasteiger partial charge in [-0.2, -0.15) is 0 Å². The Morgan fingerprint density at radius 3 is 2.55 bits per heavy atom. The fraction of sp³-hybridized carbons (Fsp3) is 0.312. The molecule has 0 spiro atoms. The largest absolute Gasteiger partial charge is 0.378 e. The Bertz CT molecular complexity index is 625. The van der Waals surface area contributed by atoms with Gasteiger partial charge in [-0.05, 0) is 30.7 Å². The number of hydrogen-bond donors (Lipinski definition) is 2. The lowest BCUT2D eigenvalue weighted by Crippen LogP contribution is -2.15. The molecule has 1 aromatic carbocycles. The third kappa shape index (κ3) is 4.18. The summed E-state index contributed by atoms with van der Waals surface area (Å²) in [4.78, 5) is 22.3. The predicted molar refractivity (Wildman–Crippen MR) is 89.5 cm³/mol. The number of hydrogen-bond acceptors (Lipinski definition) is 5. The van der Waals surface area contributed by atoms with Crippen LogP contribution in [0, 0.1) is 0 Å². The Morgan fingerprint density at radius 2 is 1.91 bits per heavy atom. The zero-order valence-corrected chi connectivity index (χ0v) is 13.1. The Balaban J connectivity index is 2.05. The van der Waals surface area contributed by atoms with Crippen molar-refractivity contribution < 1.29 is 4.79 Å². The molecule has 0 aliphatic heterocycles. The van der Waals surface area contributed by atoms with Crippen LogP contribution in [0.25, 0.3) is 0 Å². The number of nitrogens with zero attached hydrogens (tertiary/aromatic N) is 3. The summed E-state index contributed by atoms with van der Waals surface area (Å²) in [5.41, 5.74) is 2.15. The molecule has 0 fully saturated rings. The van der Waals surface area contributed by atoms with Crippen LogP contribution in [0.2, 0.25) is 0 Å². The van der Waals surface area contributed by atoms with Gasteiger partial charge in [0.25, 0.3) is 5.91 Å². The van der Waals surface area contributed by atoms with E-state index in [0.717, 1.165) is 24.3 Å². The first-order valence-electron chi connectivity index (χ1n) is 7.25. The fourth-order valence-electron chi connectivity index (χ4n) is 1.87. The van der Waals surface area contributed by atoms with Crippen LogP contribution in [-0.4, -0.2) is 36.5 Å². The highest BCUT2D eigenvalue weighted by Gasteiger charge is 2.09. The van der Waals surface area contributed by atoms with E-state index >= 15 is 0 Å². The van der Waals surface area contributed by atoms with Crippen molar-refractivity contribution in [2.45, 2.75) is 13.3 Å². The summed E-state index contributed by atoms with van der Waals surface area (Å²) in [6, 6.07) is 9.28. The quantitative estimate of drug-likeness (QED) is 0.858. The van der Waals surface area contributed by atoms with Gasteiger partial charge < -0.3 is 15.5 Å². The minimum atomic E-state index is -0.250. The van der Waals surface area contributed by atoms with Crippen LogP contribution in [0.4, 0.5) is 17.2 Å². The van der Waals surface area contributed by atoms with E-state index in [-0.39, 0.29) is 5.91 Å². The van der Waals surface area contributed by atoms with Gasteiger partial charge in [0.2, 0.25) is 0 Å². The van der Waals surface area contributed by atoms with E-state index in [9.17, 15) is 4.79 Å². The van der Waals surface area contributed by atoms with Crippen molar-refractivity contribution in [3.8, 4) is 0 Å². The molecule has 6 nitrogen and oxygen atoms in total. The molecule has 0 radical (unpaired) electrons. The zero-order chi connectivity index (χ0) is 15.9. The Hall–Kier alpha value is -2.63. The number of benzene rings is 1. The Morgan fingerprint density at radius 1 is 1.18 bits per heavy atom. The molecule has 2 rings (SSSR count). The standard InChI is InChI=1S/C16H21N5O/c1-4-9-17-15-10-14(18-11-19-15)16(22)20-12-5-7-13(8-6-12)21(2)3/h5-8,10-11H,4,9H2,1-3H3,(H,20,22)(H,17,18,19). The molecule has 2 aromatic rings. The van der Waals surface area contributed by atoms with Crippen LogP contribution in [0.1, 0.15) is 23.8 Å². The van der Waals surface area contributed by atoms with Crippen molar-refractivity contribution in [1.29, 1.82) is 0 Å². The van der Waals surface area contributed by atoms with Crippen molar-refractivity contribution in [2.24, 2.45) is 0 Å². The minimum Gasteiger partial charge on any atom is -0.378 e.